The zero-order valence-electron chi connectivity index (χ0n) is 10.9. The number of benzene rings is 2. The molecule has 0 aliphatic heterocycles. The molecule has 21 heavy (non-hydrogen) atoms. The van der Waals surface area contributed by atoms with Gasteiger partial charge >= 0.3 is 0 Å². The maximum absolute atomic E-state index is 6.55. The fourth-order valence-electron chi connectivity index (χ4n) is 2.08. The van der Waals surface area contributed by atoms with E-state index in [1.165, 1.54) is 0 Å². The van der Waals surface area contributed by atoms with E-state index in [1.54, 1.807) is 10.9 Å². The van der Waals surface area contributed by atoms with E-state index in [0.717, 1.165) is 21.3 Å². The number of para-hydroxylation sites is 1. The van der Waals surface area contributed by atoms with E-state index in [1.807, 2.05) is 54.7 Å². The van der Waals surface area contributed by atoms with Crippen molar-refractivity contribution >= 4 is 39.1 Å². The minimum Gasteiger partial charge on any atom is -0.241 e. The first-order valence-electron chi connectivity index (χ1n) is 6.34. The first-order chi connectivity index (χ1) is 10.1. The fraction of sp³-hybridized carbons (Fsp3) is 0.0625. The third-order valence-electron chi connectivity index (χ3n) is 3.15. The number of hydrogen-bond acceptors (Lipinski definition) is 1. The SMILES string of the molecule is Clc1ccc(Br)cc1C(Cl)c1cnn(-c2ccccc2)c1. The van der Waals surface area contributed by atoms with Gasteiger partial charge in [0.2, 0.25) is 0 Å². The molecule has 0 saturated heterocycles. The van der Waals surface area contributed by atoms with Gasteiger partial charge in [0, 0.05) is 21.3 Å². The molecule has 0 aliphatic carbocycles. The molecule has 0 saturated carbocycles. The van der Waals surface area contributed by atoms with Crippen LogP contribution in [0.3, 0.4) is 0 Å². The summed E-state index contributed by atoms with van der Waals surface area (Å²) in [7, 11) is 0. The van der Waals surface area contributed by atoms with E-state index < -0.39 is 0 Å². The summed E-state index contributed by atoms with van der Waals surface area (Å²) in [6.45, 7) is 0. The van der Waals surface area contributed by atoms with Gasteiger partial charge in [0.25, 0.3) is 0 Å². The second kappa shape index (κ2) is 6.22. The van der Waals surface area contributed by atoms with E-state index in [4.69, 9.17) is 23.2 Å². The van der Waals surface area contributed by atoms with Crippen molar-refractivity contribution in [3.8, 4) is 5.69 Å². The van der Waals surface area contributed by atoms with E-state index in [9.17, 15) is 0 Å². The molecule has 0 fully saturated rings. The molecule has 1 heterocycles. The largest absolute Gasteiger partial charge is 0.241 e. The summed E-state index contributed by atoms with van der Waals surface area (Å²) in [5.74, 6) is 0. The quantitative estimate of drug-likeness (QED) is 0.538. The van der Waals surface area contributed by atoms with Crippen LogP contribution in [-0.4, -0.2) is 9.78 Å². The highest BCUT2D eigenvalue weighted by Gasteiger charge is 2.16. The van der Waals surface area contributed by atoms with E-state index in [-0.39, 0.29) is 5.38 Å². The van der Waals surface area contributed by atoms with E-state index in [2.05, 4.69) is 21.0 Å². The Morgan fingerprint density at radius 2 is 1.86 bits per heavy atom. The molecular weight excluding hydrogens is 371 g/mol. The molecule has 1 unspecified atom stereocenters. The lowest BCUT2D eigenvalue weighted by Gasteiger charge is -2.10. The van der Waals surface area contributed by atoms with Crippen LogP contribution in [0, 0.1) is 0 Å². The van der Waals surface area contributed by atoms with Crippen LogP contribution in [0.5, 0.6) is 0 Å². The zero-order chi connectivity index (χ0) is 14.8. The van der Waals surface area contributed by atoms with Crippen LogP contribution in [0.1, 0.15) is 16.5 Å². The molecule has 1 aromatic heterocycles. The Hall–Kier alpha value is -1.29. The third kappa shape index (κ3) is 3.15. The lowest BCUT2D eigenvalue weighted by Crippen LogP contribution is -1.95. The highest BCUT2D eigenvalue weighted by atomic mass is 79.9. The van der Waals surface area contributed by atoms with Crippen LogP contribution in [0.25, 0.3) is 5.69 Å². The summed E-state index contributed by atoms with van der Waals surface area (Å²) in [5.41, 5.74) is 2.76. The van der Waals surface area contributed by atoms with Crippen molar-refractivity contribution < 1.29 is 0 Å². The standard InChI is InChI=1S/C16H11BrCl2N2/c17-12-6-7-15(18)14(8-12)16(19)11-9-20-21(10-11)13-4-2-1-3-5-13/h1-10,16H. The van der Waals surface area contributed by atoms with E-state index >= 15 is 0 Å². The number of hydrogen-bond donors (Lipinski definition) is 0. The first-order valence-corrected chi connectivity index (χ1v) is 7.95. The van der Waals surface area contributed by atoms with Crippen LogP contribution in [0.4, 0.5) is 0 Å². The van der Waals surface area contributed by atoms with Crippen molar-refractivity contribution in [3.63, 3.8) is 0 Å². The molecule has 3 rings (SSSR count). The summed E-state index contributed by atoms with van der Waals surface area (Å²) in [5, 5.41) is 4.67. The van der Waals surface area contributed by atoms with Gasteiger partial charge in [0.05, 0.1) is 17.3 Å². The molecule has 0 amide bonds. The average Bonchev–Trinajstić information content (AvgIpc) is 3.00. The number of alkyl halides is 1. The highest BCUT2D eigenvalue weighted by molar-refractivity contribution is 9.10. The molecular formula is C16H11BrCl2N2. The van der Waals surface area contributed by atoms with Crippen molar-refractivity contribution in [1.82, 2.24) is 9.78 Å². The monoisotopic (exact) mass is 380 g/mol. The van der Waals surface area contributed by atoms with Gasteiger partial charge in [0.15, 0.2) is 0 Å². The molecule has 5 heteroatoms. The van der Waals surface area contributed by atoms with Crippen LogP contribution in [0.2, 0.25) is 5.02 Å². The molecule has 0 spiro atoms. The van der Waals surface area contributed by atoms with Crippen LogP contribution in [-0.2, 0) is 0 Å². The number of halogens is 3. The van der Waals surface area contributed by atoms with E-state index in [0.29, 0.717) is 5.02 Å². The van der Waals surface area contributed by atoms with Gasteiger partial charge in [-0.15, -0.1) is 11.6 Å². The van der Waals surface area contributed by atoms with Crippen molar-refractivity contribution in [2.24, 2.45) is 0 Å². The molecule has 2 nitrogen and oxygen atoms in total. The summed E-state index contributed by atoms with van der Waals surface area (Å²) in [6.07, 6.45) is 3.69. The van der Waals surface area contributed by atoms with Gasteiger partial charge in [0.1, 0.15) is 0 Å². The summed E-state index contributed by atoms with van der Waals surface area (Å²) < 4.78 is 2.75. The maximum atomic E-state index is 6.55. The second-order valence-electron chi connectivity index (χ2n) is 4.58. The Labute approximate surface area is 141 Å². The maximum Gasteiger partial charge on any atom is 0.0880 e. The van der Waals surface area contributed by atoms with Crippen molar-refractivity contribution in [1.29, 1.82) is 0 Å². The Bertz CT molecular complexity index is 756. The summed E-state index contributed by atoms with van der Waals surface area (Å²) in [6, 6.07) is 15.6. The van der Waals surface area contributed by atoms with Gasteiger partial charge < -0.3 is 0 Å². The number of rotatable bonds is 3. The molecule has 2 aromatic carbocycles. The Morgan fingerprint density at radius 1 is 1.10 bits per heavy atom. The van der Waals surface area contributed by atoms with Crippen molar-refractivity contribution in [2.45, 2.75) is 5.38 Å². The average molecular weight is 382 g/mol. The minimum absolute atomic E-state index is 0.340. The fourth-order valence-corrected chi connectivity index (χ4v) is 3.03. The first kappa shape index (κ1) is 14.6. The lowest BCUT2D eigenvalue weighted by molar-refractivity contribution is 0.880. The zero-order valence-corrected chi connectivity index (χ0v) is 14.0. The summed E-state index contributed by atoms with van der Waals surface area (Å²) in [4.78, 5) is 0. The smallest absolute Gasteiger partial charge is 0.0880 e. The molecule has 0 bridgehead atoms. The van der Waals surface area contributed by atoms with Crippen LogP contribution < -0.4 is 0 Å². The second-order valence-corrected chi connectivity index (χ2v) is 6.34. The molecule has 0 N–H and O–H groups in total. The van der Waals surface area contributed by atoms with Gasteiger partial charge in [-0.3, -0.25) is 0 Å². The van der Waals surface area contributed by atoms with Gasteiger partial charge in [-0.05, 0) is 35.9 Å². The normalized spacial score (nSPS) is 12.3. The van der Waals surface area contributed by atoms with Crippen molar-refractivity contribution in [2.75, 3.05) is 0 Å². The van der Waals surface area contributed by atoms with Gasteiger partial charge in [-0.2, -0.15) is 5.10 Å². The molecule has 3 aromatic rings. The molecule has 0 radical (unpaired) electrons. The van der Waals surface area contributed by atoms with Crippen LogP contribution >= 0.6 is 39.1 Å². The van der Waals surface area contributed by atoms with Gasteiger partial charge in [-0.1, -0.05) is 45.7 Å². The van der Waals surface area contributed by atoms with Crippen molar-refractivity contribution in [3.05, 3.63) is 81.5 Å². The lowest BCUT2D eigenvalue weighted by atomic mass is 10.1. The molecule has 1 atom stereocenters. The molecule has 106 valence electrons. The summed E-state index contributed by atoms with van der Waals surface area (Å²) >= 11 is 16.2. The number of aromatic nitrogens is 2. The highest BCUT2D eigenvalue weighted by Crippen LogP contribution is 2.35. The third-order valence-corrected chi connectivity index (χ3v) is 4.47. The Balaban J connectivity index is 1.94. The Kier molecular flexibility index (Phi) is 4.34. The predicted molar refractivity (Wildman–Crippen MR) is 90.4 cm³/mol. The molecule has 0 aliphatic rings. The topological polar surface area (TPSA) is 17.8 Å². The minimum atomic E-state index is -0.340. The van der Waals surface area contributed by atoms with Gasteiger partial charge in [-0.25, -0.2) is 4.68 Å². The Morgan fingerprint density at radius 3 is 2.62 bits per heavy atom. The predicted octanol–water partition coefficient (Wildman–Crippen LogP) is 5.62. The number of nitrogens with zero attached hydrogens (tertiary/aromatic N) is 2. The van der Waals surface area contributed by atoms with Crippen LogP contribution in [0.15, 0.2) is 65.4 Å².